The van der Waals surface area contributed by atoms with Gasteiger partial charge in [0.2, 0.25) is 0 Å². The van der Waals surface area contributed by atoms with Crippen LogP contribution in [0.2, 0.25) is 0 Å². The van der Waals surface area contributed by atoms with Crippen LogP contribution in [0.5, 0.6) is 0 Å². The quantitative estimate of drug-likeness (QED) is 0.178. The first-order valence-corrected chi connectivity index (χ1v) is 14.0. The number of pyridine rings is 1. The predicted molar refractivity (Wildman–Crippen MR) is 151 cm³/mol. The molecule has 0 aliphatic heterocycles. The molecule has 0 bridgehead atoms. The first kappa shape index (κ1) is 29.6. The number of ether oxygens (including phenoxy) is 1. The van der Waals surface area contributed by atoms with E-state index in [4.69, 9.17) is 4.74 Å². The molecule has 1 aromatic carbocycles. The fraction of sp³-hybridized carbons (Fsp3) is 0.562. The number of carbonyl (C=O) groups is 1. The van der Waals surface area contributed by atoms with Crippen molar-refractivity contribution in [3.05, 3.63) is 72.1 Å². The number of alkyl carbamates (subject to hydrolysis) is 1. The van der Waals surface area contributed by atoms with E-state index in [0.29, 0.717) is 6.61 Å². The topological polar surface area (TPSA) is 42.2 Å². The third-order valence-corrected chi connectivity index (χ3v) is 6.77. The van der Waals surface area contributed by atoms with Crippen molar-refractivity contribution < 1.29 is 14.1 Å². The highest BCUT2D eigenvalue weighted by Gasteiger charge is 2.23. The van der Waals surface area contributed by atoms with Crippen molar-refractivity contribution in [1.82, 2.24) is 5.32 Å². The van der Waals surface area contributed by atoms with Crippen molar-refractivity contribution in [1.29, 1.82) is 0 Å². The molecule has 36 heavy (non-hydrogen) atoms. The van der Waals surface area contributed by atoms with Crippen LogP contribution in [0.3, 0.4) is 0 Å². The lowest BCUT2D eigenvalue weighted by Crippen LogP contribution is -2.41. The molecule has 4 heteroatoms. The lowest BCUT2D eigenvalue weighted by atomic mass is 9.92. The zero-order chi connectivity index (χ0) is 26.2. The Morgan fingerprint density at radius 1 is 0.972 bits per heavy atom. The zero-order valence-electron chi connectivity index (χ0n) is 23.3. The number of nitrogens with zero attached hydrogens (tertiary/aromatic N) is 1. The van der Waals surface area contributed by atoms with Gasteiger partial charge in [-0.25, -0.2) is 9.36 Å². The molecule has 0 radical (unpaired) electrons. The van der Waals surface area contributed by atoms with E-state index in [1.165, 1.54) is 50.5 Å². The SMILES string of the molecule is C=C(C)c1cccc(C(C)(C)NC(=O)OCCCCCC[n+]2cccc(CCCCCCCC)c2)c1. The molecule has 2 rings (SSSR count). The molecule has 4 nitrogen and oxygen atoms in total. The number of aromatic nitrogens is 1. The maximum Gasteiger partial charge on any atom is 0.407 e. The van der Waals surface area contributed by atoms with E-state index in [1.807, 2.05) is 39.0 Å². The number of hydrogen-bond donors (Lipinski definition) is 1. The predicted octanol–water partition coefficient (Wildman–Crippen LogP) is 8.13. The molecule has 198 valence electrons. The summed E-state index contributed by atoms with van der Waals surface area (Å²) in [6, 6.07) is 12.6. The van der Waals surface area contributed by atoms with Crippen molar-refractivity contribution in [3.63, 3.8) is 0 Å². The van der Waals surface area contributed by atoms with Crippen LogP contribution in [-0.4, -0.2) is 12.7 Å². The summed E-state index contributed by atoms with van der Waals surface area (Å²) in [7, 11) is 0. The Kier molecular flexibility index (Phi) is 13.3. The van der Waals surface area contributed by atoms with Crippen molar-refractivity contribution in [3.8, 4) is 0 Å². The van der Waals surface area contributed by atoms with E-state index in [0.717, 1.165) is 48.9 Å². The van der Waals surface area contributed by atoms with E-state index >= 15 is 0 Å². The van der Waals surface area contributed by atoms with Crippen LogP contribution < -0.4 is 9.88 Å². The number of unbranched alkanes of at least 4 members (excludes halogenated alkanes) is 8. The minimum atomic E-state index is -0.511. The number of carbonyl (C=O) groups excluding carboxylic acids is 1. The van der Waals surface area contributed by atoms with Crippen LogP contribution in [0.4, 0.5) is 4.79 Å². The number of amides is 1. The van der Waals surface area contributed by atoms with Crippen LogP contribution in [0.25, 0.3) is 5.57 Å². The summed E-state index contributed by atoms with van der Waals surface area (Å²) < 4.78 is 7.77. The van der Waals surface area contributed by atoms with Gasteiger partial charge in [-0.05, 0) is 76.1 Å². The Balaban J connectivity index is 1.59. The van der Waals surface area contributed by atoms with E-state index in [-0.39, 0.29) is 6.09 Å². The van der Waals surface area contributed by atoms with Crippen LogP contribution in [0, 0.1) is 0 Å². The Hall–Kier alpha value is -2.62. The molecular formula is C32H49N2O2+. The fourth-order valence-electron chi connectivity index (χ4n) is 4.42. The largest absolute Gasteiger partial charge is 0.450 e. The lowest BCUT2D eigenvalue weighted by Gasteiger charge is -2.27. The van der Waals surface area contributed by atoms with Gasteiger partial charge < -0.3 is 10.1 Å². The smallest absolute Gasteiger partial charge is 0.407 e. The third-order valence-electron chi connectivity index (χ3n) is 6.77. The monoisotopic (exact) mass is 493 g/mol. The van der Waals surface area contributed by atoms with Crippen LogP contribution >= 0.6 is 0 Å². The maximum atomic E-state index is 12.3. The number of aryl methyl sites for hydroxylation is 2. The Bertz CT molecular complexity index is 935. The van der Waals surface area contributed by atoms with Gasteiger partial charge in [0, 0.05) is 18.1 Å². The van der Waals surface area contributed by atoms with Gasteiger partial charge in [-0.2, -0.15) is 0 Å². The highest BCUT2D eigenvalue weighted by Crippen LogP contribution is 2.23. The summed E-state index contributed by atoms with van der Waals surface area (Å²) in [5.41, 5.74) is 4.06. The minimum absolute atomic E-state index is 0.363. The molecule has 0 aliphatic rings. The Morgan fingerprint density at radius 2 is 1.69 bits per heavy atom. The molecule has 0 spiro atoms. The normalized spacial score (nSPS) is 11.3. The van der Waals surface area contributed by atoms with Gasteiger partial charge in [-0.1, -0.05) is 69.4 Å². The van der Waals surface area contributed by atoms with Crippen LogP contribution in [0.1, 0.15) is 109 Å². The summed E-state index contributed by atoms with van der Waals surface area (Å²) in [5.74, 6) is 0. The van der Waals surface area contributed by atoms with E-state index < -0.39 is 5.54 Å². The minimum Gasteiger partial charge on any atom is -0.450 e. The lowest BCUT2D eigenvalue weighted by molar-refractivity contribution is -0.697. The summed E-state index contributed by atoms with van der Waals surface area (Å²) >= 11 is 0. The molecule has 0 unspecified atom stereocenters. The van der Waals surface area contributed by atoms with Gasteiger partial charge in [-0.15, -0.1) is 0 Å². The van der Waals surface area contributed by atoms with Crippen molar-refractivity contribution >= 4 is 11.7 Å². The van der Waals surface area contributed by atoms with E-state index in [1.54, 1.807) is 0 Å². The summed E-state index contributed by atoms with van der Waals surface area (Å²) in [4.78, 5) is 12.3. The summed E-state index contributed by atoms with van der Waals surface area (Å²) in [6.45, 7) is 13.7. The van der Waals surface area contributed by atoms with Gasteiger partial charge in [0.25, 0.3) is 0 Å². The first-order valence-electron chi connectivity index (χ1n) is 14.0. The number of nitrogens with one attached hydrogen (secondary N) is 1. The molecule has 0 saturated heterocycles. The molecule has 0 aliphatic carbocycles. The average molecular weight is 494 g/mol. The second kappa shape index (κ2) is 16.2. The molecular weight excluding hydrogens is 444 g/mol. The van der Waals surface area contributed by atoms with Crippen molar-refractivity contribution in [2.45, 2.75) is 110 Å². The Labute approximate surface area is 220 Å². The molecule has 0 atom stereocenters. The van der Waals surface area contributed by atoms with Crippen LogP contribution in [0.15, 0.2) is 55.4 Å². The molecule has 1 amide bonds. The molecule has 0 saturated carbocycles. The van der Waals surface area contributed by atoms with Gasteiger partial charge in [0.05, 0.1) is 12.1 Å². The second-order valence-corrected chi connectivity index (χ2v) is 10.6. The number of allylic oxidation sites excluding steroid dienone is 1. The van der Waals surface area contributed by atoms with Gasteiger partial charge >= 0.3 is 6.09 Å². The van der Waals surface area contributed by atoms with Gasteiger partial charge in [-0.3, -0.25) is 0 Å². The number of hydrogen-bond acceptors (Lipinski definition) is 2. The molecule has 1 heterocycles. The maximum absolute atomic E-state index is 12.3. The standard InChI is InChI=1S/C32H48N2O2/c1-6-7-8-9-10-13-18-28-19-17-23-34(26-28)22-14-11-12-15-24-36-31(35)33-32(4,5)30-21-16-20-29(25-30)27(2)3/h16-17,19-21,23,25-26H,2,6-15,18,22,24H2,1,3-5H3/p+1. The highest BCUT2D eigenvalue weighted by molar-refractivity contribution is 5.69. The van der Waals surface area contributed by atoms with Crippen molar-refractivity contribution in [2.75, 3.05) is 6.61 Å². The zero-order valence-corrected chi connectivity index (χ0v) is 23.3. The molecule has 1 aromatic heterocycles. The molecule has 0 fully saturated rings. The molecule has 2 aromatic rings. The van der Waals surface area contributed by atoms with Gasteiger partial charge in [0.1, 0.15) is 6.54 Å². The summed E-state index contributed by atoms with van der Waals surface area (Å²) in [6.07, 6.45) is 17.6. The van der Waals surface area contributed by atoms with E-state index in [2.05, 4.69) is 54.0 Å². The second-order valence-electron chi connectivity index (χ2n) is 10.6. The Morgan fingerprint density at radius 3 is 2.47 bits per heavy atom. The van der Waals surface area contributed by atoms with E-state index in [9.17, 15) is 4.79 Å². The first-order chi connectivity index (χ1) is 17.3. The molecule has 1 N–H and O–H groups in total. The average Bonchev–Trinajstić information content (AvgIpc) is 2.85. The fourth-order valence-corrected chi connectivity index (χ4v) is 4.42. The number of rotatable bonds is 17. The van der Waals surface area contributed by atoms with Gasteiger partial charge in [0.15, 0.2) is 12.4 Å². The highest BCUT2D eigenvalue weighted by atomic mass is 16.5. The van der Waals surface area contributed by atoms with Crippen LogP contribution in [-0.2, 0) is 23.2 Å². The third kappa shape index (κ3) is 11.4. The summed E-state index contributed by atoms with van der Waals surface area (Å²) in [5, 5.41) is 3.00. The number of benzene rings is 1. The van der Waals surface area contributed by atoms with Crippen molar-refractivity contribution in [2.24, 2.45) is 0 Å².